The lowest BCUT2D eigenvalue weighted by Crippen LogP contribution is -2.26. The van der Waals surface area contributed by atoms with Gasteiger partial charge in [-0.05, 0) is 37.5 Å². The van der Waals surface area contributed by atoms with Crippen LogP contribution in [-0.2, 0) is 4.74 Å². The first-order valence-corrected chi connectivity index (χ1v) is 6.44. The first-order valence-electron chi connectivity index (χ1n) is 5.32. The van der Waals surface area contributed by atoms with Crippen molar-refractivity contribution in [3.8, 4) is 0 Å². The highest BCUT2D eigenvalue weighted by molar-refractivity contribution is 9.09. The summed E-state index contributed by atoms with van der Waals surface area (Å²) >= 11 is 3.41. The fourth-order valence-corrected chi connectivity index (χ4v) is 2.07. The van der Waals surface area contributed by atoms with Crippen molar-refractivity contribution < 1.29 is 4.74 Å². The molecule has 0 atom stereocenters. The van der Waals surface area contributed by atoms with E-state index in [0.717, 1.165) is 18.4 Å². The third-order valence-electron chi connectivity index (χ3n) is 2.92. The molecule has 0 aromatic heterocycles. The van der Waals surface area contributed by atoms with Gasteiger partial charge in [-0.2, -0.15) is 0 Å². The summed E-state index contributed by atoms with van der Waals surface area (Å²) in [6.07, 6.45) is 6.86. The van der Waals surface area contributed by atoms with E-state index in [1.807, 2.05) is 0 Å². The maximum absolute atomic E-state index is 5.79. The fraction of sp³-hybridized carbons (Fsp3) is 1.00. The SMILES string of the molecule is CC1(C)CCC(OCCCBr)CC1. The van der Waals surface area contributed by atoms with Crippen LogP contribution < -0.4 is 0 Å². The van der Waals surface area contributed by atoms with Crippen molar-refractivity contribution >= 4 is 15.9 Å². The molecule has 78 valence electrons. The van der Waals surface area contributed by atoms with Gasteiger partial charge in [0, 0.05) is 11.9 Å². The van der Waals surface area contributed by atoms with E-state index >= 15 is 0 Å². The van der Waals surface area contributed by atoms with Gasteiger partial charge in [0.25, 0.3) is 0 Å². The number of halogens is 1. The molecule has 0 amide bonds. The Morgan fingerprint density at radius 1 is 1.31 bits per heavy atom. The zero-order chi connectivity index (χ0) is 9.73. The molecule has 1 rings (SSSR count). The van der Waals surface area contributed by atoms with Gasteiger partial charge in [0.1, 0.15) is 0 Å². The summed E-state index contributed by atoms with van der Waals surface area (Å²) in [6.45, 7) is 5.65. The summed E-state index contributed by atoms with van der Waals surface area (Å²) in [5, 5.41) is 1.06. The molecule has 0 unspecified atom stereocenters. The Kier molecular flexibility index (Phi) is 4.74. The Hall–Kier alpha value is 0.440. The molecular formula is C11H21BrO. The van der Waals surface area contributed by atoms with Crippen LogP contribution in [0.3, 0.4) is 0 Å². The second-order valence-corrected chi connectivity index (χ2v) is 5.57. The number of rotatable bonds is 4. The van der Waals surface area contributed by atoms with Crippen LogP contribution in [0, 0.1) is 5.41 Å². The lowest BCUT2D eigenvalue weighted by atomic mass is 9.76. The second-order valence-electron chi connectivity index (χ2n) is 4.78. The molecule has 1 nitrogen and oxygen atoms in total. The zero-order valence-corrected chi connectivity index (χ0v) is 10.4. The van der Waals surface area contributed by atoms with E-state index in [-0.39, 0.29) is 0 Å². The van der Waals surface area contributed by atoms with Gasteiger partial charge in [0.05, 0.1) is 6.10 Å². The van der Waals surface area contributed by atoms with Crippen LogP contribution in [0.2, 0.25) is 0 Å². The molecular weight excluding hydrogens is 228 g/mol. The molecule has 0 bridgehead atoms. The van der Waals surface area contributed by atoms with Crippen LogP contribution in [0.5, 0.6) is 0 Å². The van der Waals surface area contributed by atoms with Gasteiger partial charge in [0.15, 0.2) is 0 Å². The van der Waals surface area contributed by atoms with Crippen molar-refractivity contribution in [2.45, 2.75) is 52.1 Å². The Bertz CT molecular complexity index is 135. The molecule has 0 saturated heterocycles. The van der Waals surface area contributed by atoms with Crippen molar-refractivity contribution in [3.05, 3.63) is 0 Å². The van der Waals surface area contributed by atoms with E-state index in [0.29, 0.717) is 11.5 Å². The largest absolute Gasteiger partial charge is 0.378 e. The molecule has 0 aromatic rings. The Labute approximate surface area is 90.4 Å². The topological polar surface area (TPSA) is 9.23 Å². The van der Waals surface area contributed by atoms with Gasteiger partial charge in [-0.3, -0.25) is 0 Å². The fourth-order valence-electron chi connectivity index (χ4n) is 1.84. The quantitative estimate of drug-likeness (QED) is 0.544. The Balaban J connectivity index is 2.11. The highest BCUT2D eigenvalue weighted by atomic mass is 79.9. The van der Waals surface area contributed by atoms with Crippen molar-refractivity contribution in [1.82, 2.24) is 0 Å². The third kappa shape index (κ3) is 4.46. The Morgan fingerprint density at radius 3 is 2.46 bits per heavy atom. The van der Waals surface area contributed by atoms with Crippen LogP contribution in [-0.4, -0.2) is 18.0 Å². The normalized spacial score (nSPS) is 23.3. The predicted octanol–water partition coefficient (Wildman–Crippen LogP) is 3.76. The van der Waals surface area contributed by atoms with Crippen LogP contribution in [0.1, 0.15) is 46.0 Å². The molecule has 13 heavy (non-hydrogen) atoms. The van der Waals surface area contributed by atoms with Gasteiger partial charge in [-0.25, -0.2) is 0 Å². The summed E-state index contributed by atoms with van der Waals surface area (Å²) < 4.78 is 5.79. The van der Waals surface area contributed by atoms with E-state index < -0.39 is 0 Å². The highest BCUT2D eigenvalue weighted by Gasteiger charge is 2.26. The van der Waals surface area contributed by atoms with Gasteiger partial charge in [-0.1, -0.05) is 29.8 Å². The summed E-state index contributed by atoms with van der Waals surface area (Å²) in [5.41, 5.74) is 0.565. The van der Waals surface area contributed by atoms with Crippen molar-refractivity contribution in [2.24, 2.45) is 5.41 Å². The summed E-state index contributed by atoms with van der Waals surface area (Å²) in [6, 6.07) is 0. The van der Waals surface area contributed by atoms with E-state index in [2.05, 4.69) is 29.8 Å². The van der Waals surface area contributed by atoms with Gasteiger partial charge < -0.3 is 4.74 Å². The zero-order valence-electron chi connectivity index (χ0n) is 8.81. The number of alkyl halides is 1. The predicted molar refractivity (Wildman–Crippen MR) is 60.4 cm³/mol. The number of hydrogen-bond acceptors (Lipinski definition) is 1. The molecule has 0 radical (unpaired) electrons. The summed E-state index contributed by atoms with van der Waals surface area (Å²) in [5.74, 6) is 0. The average molecular weight is 249 g/mol. The van der Waals surface area contributed by atoms with Crippen molar-refractivity contribution in [3.63, 3.8) is 0 Å². The second kappa shape index (κ2) is 5.35. The summed E-state index contributed by atoms with van der Waals surface area (Å²) in [7, 11) is 0. The van der Waals surface area contributed by atoms with E-state index in [9.17, 15) is 0 Å². The van der Waals surface area contributed by atoms with Gasteiger partial charge in [-0.15, -0.1) is 0 Å². The molecule has 1 fully saturated rings. The van der Waals surface area contributed by atoms with Gasteiger partial charge >= 0.3 is 0 Å². The molecule has 1 saturated carbocycles. The first-order chi connectivity index (χ1) is 6.14. The minimum Gasteiger partial charge on any atom is -0.378 e. The molecule has 1 aliphatic rings. The van der Waals surface area contributed by atoms with E-state index in [4.69, 9.17) is 4.74 Å². The number of hydrogen-bond donors (Lipinski definition) is 0. The molecule has 0 aliphatic heterocycles. The third-order valence-corrected chi connectivity index (χ3v) is 3.48. The maximum atomic E-state index is 5.79. The molecule has 0 spiro atoms. The number of ether oxygens (including phenoxy) is 1. The monoisotopic (exact) mass is 248 g/mol. The van der Waals surface area contributed by atoms with Gasteiger partial charge in [0.2, 0.25) is 0 Å². The minimum atomic E-state index is 0.548. The minimum absolute atomic E-state index is 0.548. The lowest BCUT2D eigenvalue weighted by molar-refractivity contribution is 0.00515. The molecule has 1 aliphatic carbocycles. The maximum Gasteiger partial charge on any atom is 0.0575 e. The smallest absolute Gasteiger partial charge is 0.0575 e. The lowest BCUT2D eigenvalue weighted by Gasteiger charge is -2.34. The van der Waals surface area contributed by atoms with Crippen LogP contribution in [0.15, 0.2) is 0 Å². The Morgan fingerprint density at radius 2 is 1.92 bits per heavy atom. The van der Waals surface area contributed by atoms with Crippen LogP contribution >= 0.6 is 15.9 Å². The molecule has 0 heterocycles. The molecule has 0 N–H and O–H groups in total. The van der Waals surface area contributed by atoms with Crippen LogP contribution in [0.4, 0.5) is 0 Å². The highest BCUT2D eigenvalue weighted by Crippen LogP contribution is 2.36. The first kappa shape index (κ1) is 11.5. The van der Waals surface area contributed by atoms with E-state index in [1.54, 1.807) is 0 Å². The molecule has 0 aromatic carbocycles. The standard InChI is InChI=1S/C11H21BrO/c1-11(2)6-4-10(5-7-11)13-9-3-8-12/h10H,3-9H2,1-2H3. The average Bonchev–Trinajstić information content (AvgIpc) is 2.08. The van der Waals surface area contributed by atoms with Crippen LogP contribution in [0.25, 0.3) is 0 Å². The molecule has 2 heteroatoms. The van der Waals surface area contributed by atoms with E-state index in [1.165, 1.54) is 25.7 Å². The van der Waals surface area contributed by atoms with Crippen molar-refractivity contribution in [2.75, 3.05) is 11.9 Å². The summed E-state index contributed by atoms with van der Waals surface area (Å²) in [4.78, 5) is 0. The van der Waals surface area contributed by atoms with Crippen molar-refractivity contribution in [1.29, 1.82) is 0 Å².